The van der Waals surface area contributed by atoms with Crippen molar-refractivity contribution in [1.29, 1.82) is 0 Å². The highest BCUT2D eigenvalue weighted by molar-refractivity contribution is 7.98. The van der Waals surface area contributed by atoms with E-state index in [4.69, 9.17) is 5.84 Å². The Morgan fingerprint density at radius 3 is 2.95 bits per heavy atom. The largest absolute Gasteiger partial charge is 0.369 e. The molecule has 0 amide bonds. The molecular formula is C12H19N5S2. The van der Waals surface area contributed by atoms with E-state index in [1.54, 1.807) is 11.3 Å². The van der Waals surface area contributed by atoms with Crippen molar-refractivity contribution in [3.63, 3.8) is 0 Å². The molecule has 0 bridgehead atoms. The van der Waals surface area contributed by atoms with E-state index in [0.29, 0.717) is 5.95 Å². The van der Waals surface area contributed by atoms with Crippen LogP contribution in [-0.2, 0) is 0 Å². The number of thiophene rings is 1. The number of fused-ring (bicyclic) bond motifs is 1. The summed E-state index contributed by atoms with van der Waals surface area (Å²) in [7, 11) is 0. The van der Waals surface area contributed by atoms with Gasteiger partial charge in [-0.1, -0.05) is 0 Å². The zero-order valence-electron chi connectivity index (χ0n) is 11.2. The van der Waals surface area contributed by atoms with Crippen LogP contribution in [0.5, 0.6) is 0 Å². The highest BCUT2D eigenvalue weighted by atomic mass is 32.2. The number of nitrogens with zero attached hydrogens (tertiary/aromatic N) is 2. The third-order valence-electron chi connectivity index (χ3n) is 2.71. The SMILES string of the molecule is CSCCCCNc1nc(NN)nc2sc(C)cc12. The van der Waals surface area contributed by atoms with Crippen LogP contribution in [0.3, 0.4) is 0 Å². The molecule has 0 spiro atoms. The zero-order chi connectivity index (χ0) is 13.7. The third kappa shape index (κ3) is 3.71. The minimum Gasteiger partial charge on any atom is -0.369 e. The van der Waals surface area contributed by atoms with E-state index in [-0.39, 0.29) is 0 Å². The first-order chi connectivity index (χ1) is 9.24. The number of nitrogen functional groups attached to an aromatic ring is 1. The van der Waals surface area contributed by atoms with Gasteiger partial charge in [0.2, 0.25) is 5.95 Å². The lowest BCUT2D eigenvalue weighted by Gasteiger charge is -2.08. The molecule has 0 aliphatic carbocycles. The molecule has 2 aromatic rings. The molecule has 4 N–H and O–H groups in total. The summed E-state index contributed by atoms with van der Waals surface area (Å²) in [6, 6.07) is 2.12. The molecule has 7 heteroatoms. The third-order valence-corrected chi connectivity index (χ3v) is 4.35. The smallest absolute Gasteiger partial charge is 0.240 e. The normalized spacial score (nSPS) is 10.9. The Morgan fingerprint density at radius 2 is 2.21 bits per heavy atom. The lowest BCUT2D eigenvalue weighted by molar-refractivity contribution is 0.840. The molecule has 2 aromatic heterocycles. The average Bonchev–Trinajstić information content (AvgIpc) is 2.78. The molecule has 0 aromatic carbocycles. The summed E-state index contributed by atoms with van der Waals surface area (Å²) in [5, 5.41) is 4.46. The molecule has 19 heavy (non-hydrogen) atoms. The second-order valence-electron chi connectivity index (χ2n) is 4.24. The van der Waals surface area contributed by atoms with Gasteiger partial charge in [0.15, 0.2) is 0 Å². The quantitative estimate of drug-likeness (QED) is 0.414. The predicted molar refractivity (Wildman–Crippen MR) is 86.1 cm³/mol. The number of anilines is 2. The average molecular weight is 297 g/mol. The number of unbranched alkanes of at least 4 members (excludes halogenated alkanes) is 1. The number of nitrogens with one attached hydrogen (secondary N) is 2. The highest BCUT2D eigenvalue weighted by Crippen LogP contribution is 2.29. The number of aromatic nitrogens is 2. The Balaban J connectivity index is 2.11. The molecule has 0 saturated carbocycles. The number of nitrogens with two attached hydrogens (primary N) is 1. The van der Waals surface area contributed by atoms with Crippen molar-refractivity contribution in [3.8, 4) is 0 Å². The molecule has 5 nitrogen and oxygen atoms in total. The number of rotatable bonds is 7. The van der Waals surface area contributed by atoms with Crippen LogP contribution in [0.15, 0.2) is 6.07 Å². The lowest BCUT2D eigenvalue weighted by Crippen LogP contribution is -2.12. The van der Waals surface area contributed by atoms with Gasteiger partial charge in [-0.05, 0) is 37.8 Å². The van der Waals surface area contributed by atoms with E-state index in [9.17, 15) is 0 Å². The van der Waals surface area contributed by atoms with Gasteiger partial charge in [0.25, 0.3) is 0 Å². The molecule has 0 aliphatic rings. The van der Waals surface area contributed by atoms with Crippen molar-refractivity contribution >= 4 is 45.1 Å². The number of hydrogen-bond donors (Lipinski definition) is 3. The van der Waals surface area contributed by atoms with Gasteiger partial charge in [-0.3, -0.25) is 5.43 Å². The van der Waals surface area contributed by atoms with E-state index in [0.717, 1.165) is 29.0 Å². The van der Waals surface area contributed by atoms with Crippen molar-refractivity contribution < 1.29 is 0 Å². The molecular weight excluding hydrogens is 278 g/mol. The zero-order valence-corrected chi connectivity index (χ0v) is 12.8. The van der Waals surface area contributed by atoms with Crippen LogP contribution in [0, 0.1) is 6.92 Å². The molecule has 0 radical (unpaired) electrons. The topological polar surface area (TPSA) is 75.9 Å². The fourth-order valence-corrected chi connectivity index (χ4v) is 3.19. The molecule has 0 unspecified atom stereocenters. The molecule has 0 saturated heterocycles. The van der Waals surface area contributed by atoms with Crippen molar-refractivity contribution in [2.45, 2.75) is 19.8 Å². The standard InChI is InChI=1S/C12H19N5S2/c1-8-7-9-10(14-5-3-4-6-18-2)15-12(17-13)16-11(9)19-8/h7H,3-6,13H2,1-2H3,(H2,14,15,16,17). The Bertz CT molecular complexity index is 540. The molecule has 2 heterocycles. The summed E-state index contributed by atoms with van der Waals surface area (Å²) in [6.45, 7) is 3.00. The van der Waals surface area contributed by atoms with Crippen LogP contribution in [0.2, 0.25) is 0 Å². The minimum atomic E-state index is 0.459. The van der Waals surface area contributed by atoms with Crippen molar-refractivity contribution in [2.24, 2.45) is 5.84 Å². The second kappa shape index (κ2) is 6.93. The maximum absolute atomic E-state index is 5.41. The predicted octanol–water partition coefficient (Wildman–Crippen LogP) is 2.84. The van der Waals surface area contributed by atoms with E-state index < -0.39 is 0 Å². The van der Waals surface area contributed by atoms with Gasteiger partial charge in [0.05, 0.1) is 5.39 Å². The highest BCUT2D eigenvalue weighted by Gasteiger charge is 2.09. The Labute approximate surface area is 121 Å². The van der Waals surface area contributed by atoms with Crippen LogP contribution < -0.4 is 16.6 Å². The summed E-state index contributed by atoms with van der Waals surface area (Å²) in [5.74, 6) is 7.94. The van der Waals surface area contributed by atoms with Gasteiger partial charge < -0.3 is 5.32 Å². The summed E-state index contributed by atoms with van der Waals surface area (Å²) < 4.78 is 0. The first kappa shape index (κ1) is 14.4. The van der Waals surface area contributed by atoms with E-state index in [1.807, 2.05) is 11.8 Å². The van der Waals surface area contributed by atoms with Crippen LogP contribution in [-0.4, -0.2) is 28.5 Å². The number of hydrazine groups is 1. The van der Waals surface area contributed by atoms with Crippen LogP contribution in [0.4, 0.5) is 11.8 Å². The Hall–Kier alpha value is -1.05. The van der Waals surface area contributed by atoms with Crippen LogP contribution in [0.25, 0.3) is 10.2 Å². The number of aryl methyl sites for hydroxylation is 1. The monoisotopic (exact) mass is 297 g/mol. The molecule has 2 rings (SSSR count). The van der Waals surface area contributed by atoms with Crippen molar-refractivity contribution in [1.82, 2.24) is 9.97 Å². The maximum atomic E-state index is 5.41. The summed E-state index contributed by atoms with van der Waals surface area (Å²) in [6.07, 6.45) is 4.49. The van der Waals surface area contributed by atoms with Gasteiger partial charge in [-0.25, -0.2) is 10.8 Å². The van der Waals surface area contributed by atoms with Gasteiger partial charge in [0, 0.05) is 11.4 Å². The van der Waals surface area contributed by atoms with E-state index in [1.165, 1.54) is 17.1 Å². The van der Waals surface area contributed by atoms with Gasteiger partial charge in [0.1, 0.15) is 10.6 Å². The number of thioether (sulfide) groups is 1. The Kier molecular flexibility index (Phi) is 5.24. The second-order valence-corrected chi connectivity index (χ2v) is 6.46. The fourth-order valence-electron chi connectivity index (χ4n) is 1.82. The number of hydrogen-bond acceptors (Lipinski definition) is 7. The van der Waals surface area contributed by atoms with Crippen molar-refractivity contribution in [2.75, 3.05) is 29.3 Å². The molecule has 0 aliphatic heterocycles. The van der Waals surface area contributed by atoms with E-state index in [2.05, 4.69) is 40.0 Å². The van der Waals surface area contributed by atoms with Crippen LogP contribution in [0.1, 0.15) is 17.7 Å². The van der Waals surface area contributed by atoms with Gasteiger partial charge in [-0.2, -0.15) is 16.7 Å². The molecule has 104 valence electrons. The first-order valence-electron chi connectivity index (χ1n) is 6.22. The van der Waals surface area contributed by atoms with Gasteiger partial charge >= 0.3 is 0 Å². The Morgan fingerprint density at radius 1 is 1.37 bits per heavy atom. The summed E-state index contributed by atoms with van der Waals surface area (Å²) >= 11 is 3.53. The summed E-state index contributed by atoms with van der Waals surface area (Å²) in [4.78, 5) is 10.9. The van der Waals surface area contributed by atoms with E-state index >= 15 is 0 Å². The first-order valence-corrected chi connectivity index (χ1v) is 8.43. The minimum absolute atomic E-state index is 0.459. The molecule has 0 fully saturated rings. The van der Waals surface area contributed by atoms with Gasteiger partial charge in [-0.15, -0.1) is 11.3 Å². The van der Waals surface area contributed by atoms with Crippen LogP contribution >= 0.6 is 23.1 Å². The summed E-state index contributed by atoms with van der Waals surface area (Å²) in [5.41, 5.74) is 2.52. The fraction of sp³-hybridized carbons (Fsp3) is 0.500. The van der Waals surface area contributed by atoms with Crippen molar-refractivity contribution in [3.05, 3.63) is 10.9 Å². The lowest BCUT2D eigenvalue weighted by atomic mass is 10.3. The molecule has 0 atom stereocenters. The maximum Gasteiger partial charge on any atom is 0.240 e.